The fraction of sp³-hybridized carbons (Fsp3) is 0.273. The van der Waals surface area contributed by atoms with Crippen LogP contribution in [-0.4, -0.2) is 29.9 Å². The van der Waals surface area contributed by atoms with Crippen LogP contribution in [0.2, 0.25) is 0 Å². The molecule has 1 aromatic heterocycles. The van der Waals surface area contributed by atoms with Crippen molar-refractivity contribution in [1.29, 1.82) is 0 Å². The number of aromatic nitrogens is 1. The lowest BCUT2D eigenvalue weighted by molar-refractivity contribution is -0.115. The van der Waals surface area contributed by atoms with Gasteiger partial charge in [-0.05, 0) is 32.2 Å². The average molecular weight is 396 g/mol. The maximum Gasteiger partial charge on any atom is 0.231 e. The fourth-order valence-electron chi connectivity index (χ4n) is 2.94. The lowest BCUT2D eigenvalue weighted by atomic mass is 10.2. The number of ether oxygens (including phenoxy) is 1. The number of amides is 1. The number of hydrogen-bond donors (Lipinski definition) is 1. The lowest BCUT2D eigenvalue weighted by Gasteiger charge is -2.17. The van der Waals surface area contributed by atoms with Gasteiger partial charge < -0.3 is 10.1 Å². The first-order valence-electron chi connectivity index (χ1n) is 9.13. The van der Waals surface area contributed by atoms with Gasteiger partial charge in [0, 0.05) is 29.7 Å². The van der Waals surface area contributed by atoms with Gasteiger partial charge in [-0.15, -0.1) is 11.3 Å². The molecule has 3 aromatic rings. The van der Waals surface area contributed by atoms with Gasteiger partial charge >= 0.3 is 0 Å². The Labute approximate surface area is 170 Å². The van der Waals surface area contributed by atoms with Gasteiger partial charge in [-0.2, -0.15) is 0 Å². The molecule has 1 amide bonds. The summed E-state index contributed by atoms with van der Waals surface area (Å²) in [5, 5.41) is 5.76. The van der Waals surface area contributed by atoms with Crippen LogP contribution in [0.5, 0.6) is 5.75 Å². The Morgan fingerprint density at radius 2 is 1.89 bits per heavy atom. The number of rotatable bonds is 8. The minimum absolute atomic E-state index is 0.0490. The van der Waals surface area contributed by atoms with E-state index >= 15 is 0 Å². The second-order valence-electron chi connectivity index (χ2n) is 6.81. The molecule has 2 aromatic carbocycles. The van der Waals surface area contributed by atoms with Crippen molar-refractivity contribution in [3.8, 4) is 5.75 Å². The van der Waals surface area contributed by atoms with Gasteiger partial charge in [-0.25, -0.2) is 4.98 Å². The Morgan fingerprint density at radius 3 is 2.64 bits per heavy atom. The predicted octanol–water partition coefficient (Wildman–Crippen LogP) is 4.27. The van der Waals surface area contributed by atoms with Crippen LogP contribution >= 0.6 is 11.3 Å². The molecule has 1 N–H and O–H groups in total. The maximum absolute atomic E-state index is 12.2. The number of carbonyl (C=O) groups excluding carboxylic acids is 1. The predicted molar refractivity (Wildman–Crippen MR) is 114 cm³/mol. The summed E-state index contributed by atoms with van der Waals surface area (Å²) in [6.45, 7) is 3.51. The van der Waals surface area contributed by atoms with E-state index in [0.29, 0.717) is 6.54 Å². The lowest BCUT2D eigenvalue weighted by Crippen LogP contribution is -2.18. The largest absolute Gasteiger partial charge is 0.496 e. The van der Waals surface area contributed by atoms with Crippen LogP contribution in [0, 0.1) is 6.92 Å². The molecule has 0 aliphatic heterocycles. The van der Waals surface area contributed by atoms with Crippen LogP contribution in [0.25, 0.3) is 0 Å². The summed E-state index contributed by atoms with van der Waals surface area (Å²) >= 11 is 1.52. The third-order valence-electron chi connectivity index (χ3n) is 4.31. The van der Waals surface area contributed by atoms with Crippen molar-refractivity contribution in [2.45, 2.75) is 26.4 Å². The summed E-state index contributed by atoms with van der Waals surface area (Å²) in [4.78, 5) is 19.0. The van der Waals surface area contributed by atoms with Crippen molar-refractivity contribution in [3.05, 3.63) is 75.7 Å². The van der Waals surface area contributed by atoms with E-state index in [9.17, 15) is 4.79 Å². The Kier molecular flexibility index (Phi) is 6.79. The van der Waals surface area contributed by atoms with Gasteiger partial charge in [0.15, 0.2) is 0 Å². The van der Waals surface area contributed by atoms with Crippen LogP contribution in [0.15, 0.2) is 53.9 Å². The average Bonchev–Trinajstić information content (AvgIpc) is 3.10. The molecule has 0 unspecified atom stereocenters. The van der Waals surface area contributed by atoms with E-state index in [-0.39, 0.29) is 12.3 Å². The number of para-hydroxylation sites is 1. The number of methoxy groups -OCH3 is 1. The number of thiazole rings is 1. The van der Waals surface area contributed by atoms with Crippen molar-refractivity contribution in [2.75, 3.05) is 19.5 Å². The molecule has 146 valence electrons. The Hall–Kier alpha value is -2.70. The van der Waals surface area contributed by atoms with E-state index in [1.807, 2.05) is 54.8 Å². The van der Waals surface area contributed by atoms with Crippen molar-refractivity contribution < 1.29 is 9.53 Å². The Morgan fingerprint density at radius 1 is 1.14 bits per heavy atom. The minimum Gasteiger partial charge on any atom is -0.496 e. The summed E-state index contributed by atoms with van der Waals surface area (Å²) in [6.07, 6.45) is 0.286. The molecule has 0 atom stereocenters. The van der Waals surface area contributed by atoms with Gasteiger partial charge in [-0.1, -0.05) is 35.9 Å². The van der Waals surface area contributed by atoms with E-state index in [1.165, 1.54) is 16.9 Å². The molecule has 0 aliphatic carbocycles. The van der Waals surface area contributed by atoms with E-state index < -0.39 is 0 Å². The van der Waals surface area contributed by atoms with E-state index in [2.05, 4.69) is 28.3 Å². The zero-order valence-electron chi connectivity index (χ0n) is 16.4. The molecule has 0 aliphatic rings. The topological polar surface area (TPSA) is 54.5 Å². The highest BCUT2D eigenvalue weighted by molar-refractivity contribution is 7.09. The molecular formula is C22H25N3O2S. The monoisotopic (exact) mass is 395 g/mol. The molecule has 5 nitrogen and oxygen atoms in total. The van der Waals surface area contributed by atoms with E-state index in [4.69, 9.17) is 4.74 Å². The number of benzene rings is 2. The number of carbonyl (C=O) groups is 1. The van der Waals surface area contributed by atoms with Crippen LogP contribution in [-0.2, 0) is 24.3 Å². The van der Waals surface area contributed by atoms with E-state index in [1.54, 1.807) is 7.11 Å². The molecule has 1 heterocycles. The first-order chi connectivity index (χ1) is 13.5. The van der Waals surface area contributed by atoms with Crippen LogP contribution in [0.1, 0.15) is 21.8 Å². The quantitative estimate of drug-likeness (QED) is 0.619. The molecule has 0 saturated carbocycles. The summed E-state index contributed by atoms with van der Waals surface area (Å²) in [5.74, 6) is 0.841. The summed E-state index contributed by atoms with van der Waals surface area (Å²) in [5.41, 5.74) is 4.09. The fourth-order valence-corrected chi connectivity index (χ4v) is 3.72. The van der Waals surface area contributed by atoms with E-state index in [0.717, 1.165) is 34.2 Å². The Bertz CT molecular complexity index is 922. The molecule has 0 spiro atoms. The normalized spacial score (nSPS) is 10.9. The summed E-state index contributed by atoms with van der Waals surface area (Å²) in [6, 6.07) is 15.8. The summed E-state index contributed by atoms with van der Waals surface area (Å²) < 4.78 is 5.41. The van der Waals surface area contributed by atoms with Crippen molar-refractivity contribution in [3.63, 3.8) is 0 Å². The van der Waals surface area contributed by atoms with Crippen LogP contribution < -0.4 is 10.1 Å². The second-order valence-corrected chi connectivity index (χ2v) is 7.75. The molecule has 28 heavy (non-hydrogen) atoms. The van der Waals surface area contributed by atoms with Crippen LogP contribution in [0.4, 0.5) is 5.69 Å². The van der Waals surface area contributed by atoms with Gasteiger partial charge in [0.2, 0.25) is 5.91 Å². The molecule has 0 radical (unpaired) electrons. The van der Waals surface area contributed by atoms with Crippen LogP contribution in [0.3, 0.4) is 0 Å². The Balaban J connectivity index is 1.53. The minimum atomic E-state index is -0.0490. The maximum atomic E-state index is 12.2. The molecule has 0 saturated heterocycles. The van der Waals surface area contributed by atoms with Crippen molar-refractivity contribution >= 4 is 22.9 Å². The first kappa shape index (κ1) is 20.0. The molecule has 0 bridgehead atoms. The highest BCUT2D eigenvalue weighted by Gasteiger charge is 2.11. The molecule has 3 rings (SSSR count). The number of anilines is 1. The SMILES string of the molecule is COc1ccccc1CN(C)Cc1csc(CC(=O)Nc2ccc(C)cc2)n1. The van der Waals surface area contributed by atoms with Gasteiger partial charge in [0.05, 0.1) is 19.2 Å². The number of hydrogen-bond acceptors (Lipinski definition) is 5. The van der Waals surface area contributed by atoms with Gasteiger partial charge in [0.25, 0.3) is 0 Å². The molecule has 0 fully saturated rings. The second kappa shape index (κ2) is 9.48. The van der Waals surface area contributed by atoms with Gasteiger partial charge in [0.1, 0.15) is 10.8 Å². The molecular weight excluding hydrogens is 370 g/mol. The smallest absolute Gasteiger partial charge is 0.231 e. The molecule has 6 heteroatoms. The summed E-state index contributed by atoms with van der Waals surface area (Å²) in [7, 11) is 3.74. The highest BCUT2D eigenvalue weighted by atomic mass is 32.1. The standard InChI is InChI=1S/C22H25N3O2S/c1-16-8-10-18(11-9-16)23-21(26)12-22-24-19(15-28-22)14-25(2)13-17-6-4-5-7-20(17)27-3/h4-11,15H,12-14H2,1-3H3,(H,23,26). The van der Waals surface area contributed by atoms with Gasteiger partial charge in [-0.3, -0.25) is 9.69 Å². The highest BCUT2D eigenvalue weighted by Crippen LogP contribution is 2.20. The first-order valence-corrected chi connectivity index (χ1v) is 10.0. The van der Waals surface area contributed by atoms with Crippen molar-refractivity contribution in [2.24, 2.45) is 0 Å². The van der Waals surface area contributed by atoms with Crippen molar-refractivity contribution in [1.82, 2.24) is 9.88 Å². The number of aryl methyl sites for hydroxylation is 1. The zero-order valence-corrected chi connectivity index (χ0v) is 17.3. The number of nitrogens with one attached hydrogen (secondary N) is 1. The zero-order chi connectivity index (χ0) is 19.9. The third-order valence-corrected chi connectivity index (χ3v) is 5.21. The number of nitrogens with zero attached hydrogens (tertiary/aromatic N) is 2. The third kappa shape index (κ3) is 5.65.